The van der Waals surface area contributed by atoms with Crippen LogP contribution >= 0.6 is 11.3 Å². The summed E-state index contributed by atoms with van der Waals surface area (Å²) in [5.74, 6) is 1.47. The van der Waals surface area contributed by atoms with E-state index in [-0.39, 0.29) is 11.9 Å². The normalized spacial score (nSPS) is 12.2. The van der Waals surface area contributed by atoms with Crippen LogP contribution in [-0.4, -0.2) is 57.8 Å². The average Bonchev–Trinajstić information content (AvgIpc) is 3.36. The molecule has 1 amide bonds. The summed E-state index contributed by atoms with van der Waals surface area (Å²) >= 11 is 1.65. The summed E-state index contributed by atoms with van der Waals surface area (Å²) in [6.07, 6.45) is 0. The maximum absolute atomic E-state index is 12.8. The smallest absolute Gasteiger partial charge is 0.267 e. The number of aromatic amines is 1. The third-order valence-corrected chi connectivity index (χ3v) is 5.39. The number of nitrogens with zero attached hydrogens (tertiary/aromatic N) is 1. The molecule has 8 heteroatoms. The van der Waals surface area contributed by atoms with E-state index in [9.17, 15) is 4.79 Å². The Morgan fingerprint density at radius 1 is 1.18 bits per heavy atom. The fraction of sp³-hybridized carbons (Fsp3) is 0.350. The Kier molecular flexibility index (Phi) is 6.11. The number of carbonyl (C=O) groups excluding carboxylic acids is 1. The molecule has 3 rings (SSSR count). The third-order valence-electron chi connectivity index (χ3n) is 4.69. The maximum Gasteiger partial charge on any atom is 0.267 e. The van der Waals surface area contributed by atoms with Crippen molar-refractivity contribution in [2.45, 2.75) is 6.04 Å². The van der Waals surface area contributed by atoms with Crippen molar-refractivity contribution in [3.05, 3.63) is 40.2 Å². The number of nitrogens with one attached hydrogen (secondary N) is 2. The van der Waals surface area contributed by atoms with Gasteiger partial charge >= 0.3 is 0 Å². The molecule has 0 saturated carbocycles. The zero-order valence-electron chi connectivity index (χ0n) is 16.7. The van der Waals surface area contributed by atoms with Crippen molar-refractivity contribution in [2.75, 3.05) is 42.0 Å². The number of likely N-dealkylation sites (N-methyl/N-ethyl adjacent to an activating group) is 1. The number of hydrogen-bond donors (Lipinski definition) is 2. The minimum absolute atomic E-state index is 0.101. The van der Waals surface area contributed by atoms with E-state index in [4.69, 9.17) is 14.2 Å². The van der Waals surface area contributed by atoms with E-state index >= 15 is 0 Å². The molecule has 7 nitrogen and oxygen atoms in total. The highest BCUT2D eigenvalue weighted by molar-refractivity contribution is 7.07. The van der Waals surface area contributed by atoms with Crippen LogP contribution in [-0.2, 0) is 0 Å². The summed E-state index contributed by atoms with van der Waals surface area (Å²) in [6, 6.07) is 5.69. The number of rotatable bonds is 8. The van der Waals surface area contributed by atoms with E-state index in [0.717, 1.165) is 5.39 Å². The SMILES string of the molecule is COc1cc(OC)c2cc(C(=O)NC[C@@H](c3ccsc3)N(C)C)[nH]c2c1OC. The van der Waals surface area contributed by atoms with Gasteiger partial charge in [0, 0.05) is 18.0 Å². The number of aromatic nitrogens is 1. The van der Waals surface area contributed by atoms with Crippen LogP contribution in [0.15, 0.2) is 29.0 Å². The van der Waals surface area contributed by atoms with Crippen LogP contribution < -0.4 is 19.5 Å². The maximum atomic E-state index is 12.8. The molecular formula is C20H25N3O4S. The van der Waals surface area contributed by atoms with Crippen LogP contribution in [0.4, 0.5) is 0 Å². The van der Waals surface area contributed by atoms with Crippen molar-refractivity contribution in [3.63, 3.8) is 0 Å². The summed E-state index contributed by atoms with van der Waals surface area (Å²) in [6.45, 7) is 0.496. The van der Waals surface area contributed by atoms with Crippen LogP contribution in [0.5, 0.6) is 17.2 Å². The van der Waals surface area contributed by atoms with Crippen LogP contribution in [0.25, 0.3) is 10.9 Å². The van der Waals surface area contributed by atoms with E-state index in [1.54, 1.807) is 44.8 Å². The van der Waals surface area contributed by atoms with Gasteiger partial charge in [0.25, 0.3) is 5.91 Å². The molecule has 0 unspecified atom stereocenters. The lowest BCUT2D eigenvalue weighted by atomic mass is 10.1. The van der Waals surface area contributed by atoms with E-state index in [0.29, 0.717) is 35.0 Å². The largest absolute Gasteiger partial charge is 0.496 e. The molecule has 150 valence electrons. The first-order valence-corrected chi connectivity index (χ1v) is 9.72. The second kappa shape index (κ2) is 8.53. The predicted molar refractivity (Wildman–Crippen MR) is 111 cm³/mol. The number of fused-ring (bicyclic) bond motifs is 1. The fourth-order valence-electron chi connectivity index (χ4n) is 3.21. The molecule has 2 N–H and O–H groups in total. The van der Waals surface area contributed by atoms with Gasteiger partial charge in [0.2, 0.25) is 0 Å². The highest BCUT2D eigenvalue weighted by Crippen LogP contribution is 2.41. The van der Waals surface area contributed by atoms with E-state index in [2.05, 4.69) is 26.6 Å². The topological polar surface area (TPSA) is 75.8 Å². The number of amides is 1. The zero-order chi connectivity index (χ0) is 20.3. The molecule has 28 heavy (non-hydrogen) atoms. The van der Waals surface area contributed by atoms with Gasteiger partial charge in [0.15, 0.2) is 11.5 Å². The highest BCUT2D eigenvalue weighted by atomic mass is 32.1. The number of H-pyrrole nitrogens is 1. The Bertz CT molecular complexity index is 950. The second-order valence-electron chi connectivity index (χ2n) is 6.53. The summed E-state index contributed by atoms with van der Waals surface area (Å²) < 4.78 is 16.3. The molecule has 3 aromatic rings. The van der Waals surface area contributed by atoms with Gasteiger partial charge in [-0.1, -0.05) is 0 Å². The number of carbonyl (C=O) groups is 1. The Hall–Kier alpha value is -2.71. The molecule has 0 saturated heterocycles. The van der Waals surface area contributed by atoms with Crippen LogP contribution in [0.3, 0.4) is 0 Å². The number of ether oxygens (including phenoxy) is 3. The lowest BCUT2D eigenvalue weighted by molar-refractivity contribution is 0.0938. The van der Waals surface area contributed by atoms with Gasteiger partial charge in [-0.25, -0.2) is 0 Å². The van der Waals surface area contributed by atoms with Crippen LogP contribution in [0.2, 0.25) is 0 Å². The molecular weight excluding hydrogens is 378 g/mol. The number of thiophene rings is 1. The Labute approximate surface area is 168 Å². The van der Waals surface area contributed by atoms with Crippen molar-refractivity contribution in [3.8, 4) is 17.2 Å². The summed E-state index contributed by atoms with van der Waals surface area (Å²) in [5, 5.41) is 7.91. The Balaban J connectivity index is 1.87. The molecule has 2 aromatic heterocycles. The third kappa shape index (κ3) is 3.79. The Morgan fingerprint density at radius 2 is 1.93 bits per heavy atom. The summed E-state index contributed by atoms with van der Waals surface area (Å²) in [5.41, 5.74) is 2.27. The van der Waals surface area contributed by atoms with Crippen LogP contribution in [0, 0.1) is 0 Å². The molecule has 0 fully saturated rings. The first-order valence-electron chi connectivity index (χ1n) is 8.78. The fourth-order valence-corrected chi connectivity index (χ4v) is 3.91. The molecule has 1 atom stereocenters. The van der Waals surface area contributed by atoms with Gasteiger partial charge < -0.3 is 29.4 Å². The molecule has 2 heterocycles. The standard InChI is InChI=1S/C20H25N3O4S/c1-23(2)15(12-6-7-28-11-12)10-21-20(24)14-8-13-16(25-3)9-17(26-4)19(27-5)18(13)22-14/h6-9,11,15,22H,10H2,1-5H3,(H,21,24)/t15-/m0/s1. The molecule has 0 bridgehead atoms. The van der Waals surface area contributed by atoms with Gasteiger partial charge in [-0.15, -0.1) is 0 Å². The minimum Gasteiger partial charge on any atom is -0.496 e. The van der Waals surface area contributed by atoms with Crippen molar-refractivity contribution in [1.82, 2.24) is 15.2 Å². The molecule has 0 aliphatic rings. The molecule has 1 aromatic carbocycles. The van der Waals surface area contributed by atoms with Gasteiger partial charge in [-0.3, -0.25) is 4.79 Å². The van der Waals surface area contributed by atoms with Crippen molar-refractivity contribution in [2.24, 2.45) is 0 Å². The molecule has 0 spiro atoms. The van der Waals surface area contributed by atoms with E-state index in [1.807, 2.05) is 19.5 Å². The Morgan fingerprint density at radius 3 is 2.50 bits per heavy atom. The monoisotopic (exact) mass is 403 g/mol. The van der Waals surface area contributed by atoms with Gasteiger partial charge in [-0.2, -0.15) is 11.3 Å². The molecule has 0 aliphatic heterocycles. The number of methoxy groups -OCH3 is 3. The van der Waals surface area contributed by atoms with Crippen molar-refractivity contribution in [1.29, 1.82) is 0 Å². The van der Waals surface area contributed by atoms with Gasteiger partial charge in [0.05, 0.1) is 32.9 Å². The summed E-state index contributed by atoms with van der Waals surface area (Å²) in [7, 11) is 8.70. The van der Waals surface area contributed by atoms with Crippen LogP contribution in [0.1, 0.15) is 22.1 Å². The van der Waals surface area contributed by atoms with Crippen molar-refractivity contribution >= 4 is 28.1 Å². The predicted octanol–water partition coefficient (Wildman–Crippen LogP) is 3.29. The lowest BCUT2D eigenvalue weighted by Crippen LogP contribution is -2.34. The first-order chi connectivity index (χ1) is 13.5. The molecule has 0 radical (unpaired) electrons. The van der Waals surface area contributed by atoms with Crippen molar-refractivity contribution < 1.29 is 19.0 Å². The van der Waals surface area contributed by atoms with Gasteiger partial charge in [-0.05, 0) is 42.6 Å². The van der Waals surface area contributed by atoms with Gasteiger partial charge in [0.1, 0.15) is 11.4 Å². The highest BCUT2D eigenvalue weighted by Gasteiger charge is 2.21. The molecule has 0 aliphatic carbocycles. The first kappa shape index (κ1) is 20.0. The lowest BCUT2D eigenvalue weighted by Gasteiger charge is -2.23. The zero-order valence-corrected chi connectivity index (χ0v) is 17.5. The number of hydrogen-bond acceptors (Lipinski definition) is 6. The second-order valence-corrected chi connectivity index (χ2v) is 7.31. The summed E-state index contributed by atoms with van der Waals surface area (Å²) in [4.78, 5) is 18.0. The quantitative estimate of drug-likeness (QED) is 0.604. The van der Waals surface area contributed by atoms with E-state index in [1.165, 1.54) is 5.56 Å². The minimum atomic E-state index is -0.193. The average molecular weight is 404 g/mol. The number of benzene rings is 1. The van der Waals surface area contributed by atoms with E-state index < -0.39 is 0 Å².